The highest BCUT2D eigenvalue weighted by Crippen LogP contribution is 2.31. The van der Waals surface area contributed by atoms with Gasteiger partial charge in [0.2, 0.25) is 5.82 Å². The zero-order chi connectivity index (χ0) is 15.7. The predicted octanol–water partition coefficient (Wildman–Crippen LogP) is 4.13. The van der Waals surface area contributed by atoms with Crippen LogP contribution in [0.5, 0.6) is 5.75 Å². The first kappa shape index (κ1) is 14.1. The number of nitrogens with zero attached hydrogens (tertiary/aromatic N) is 2. The van der Waals surface area contributed by atoms with E-state index in [0.717, 1.165) is 12.1 Å². The lowest BCUT2D eigenvalue weighted by molar-refractivity contribution is -0.137. The maximum atomic E-state index is 12.5. The Morgan fingerprint density at radius 1 is 0.864 bits per heavy atom. The van der Waals surface area contributed by atoms with Gasteiger partial charge in [-0.05, 0) is 36.4 Å². The molecule has 0 amide bonds. The van der Waals surface area contributed by atoms with Gasteiger partial charge in [0.05, 0.1) is 5.56 Å². The van der Waals surface area contributed by atoms with E-state index in [4.69, 9.17) is 4.52 Å². The standard InChI is InChI=1S/C15H9F3N2O2/c16-15(17,18)11-5-1-9(2-6-11)13-19-14(22-20-13)10-3-7-12(21)8-4-10/h1-8,21H. The summed E-state index contributed by atoms with van der Waals surface area (Å²) in [7, 11) is 0. The van der Waals surface area contributed by atoms with Crippen molar-refractivity contribution in [1.29, 1.82) is 0 Å². The normalized spacial score (nSPS) is 11.6. The number of rotatable bonds is 2. The van der Waals surface area contributed by atoms with Crippen LogP contribution in [0.4, 0.5) is 13.2 Å². The van der Waals surface area contributed by atoms with Gasteiger partial charge in [-0.1, -0.05) is 17.3 Å². The van der Waals surface area contributed by atoms with Crippen molar-refractivity contribution in [2.45, 2.75) is 6.18 Å². The summed E-state index contributed by atoms with van der Waals surface area (Å²) >= 11 is 0. The summed E-state index contributed by atoms with van der Waals surface area (Å²) in [5.74, 6) is 0.512. The van der Waals surface area contributed by atoms with Gasteiger partial charge < -0.3 is 9.63 Å². The van der Waals surface area contributed by atoms with E-state index in [1.54, 1.807) is 12.1 Å². The summed E-state index contributed by atoms with van der Waals surface area (Å²) < 4.78 is 42.6. The van der Waals surface area contributed by atoms with Crippen LogP contribution < -0.4 is 0 Å². The summed E-state index contributed by atoms with van der Waals surface area (Å²) in [5.41, 5.74) is 0.281. The van der Waals surface area contributed by atoms with Crippen molar-refractivity contribution in [3.8, 4) is 28.6 Å². The molecule has 112 valence electrons. The lowest BCUT2D eigenvalue weighted by atomic mass is 10.1. The van der Waals surface area contributed by atoms with E-state index in [1.165, 1.54) is 24.3 Å². The molecule has 3 aromatic rings. The largest absolute Gasteiger partial charge is 0.508 e. The van der Waals surface area contributed by atoms with Crippen LogP contribution in [0.1, 0.15) is 5.56 Å². The molecule has 7 heteroatoms. The fraction of sp³-hybridized carbons (Fsp3) is 0.0667. The maximum Gasteiger partial charge on any atom is 0.416 e. The smallest absolute Gasteiger partial charge is 0.416 e. The van der Waals surface area contributed by atoms with Gasteiger partial charge in [-0.15, -0.1) is 0 Å². The molecular weight excluding hydrogens is 297 g/mol. The van der Waals surface area contributed by atoms with Crippen LogP contribution in [0.3, 0.4) is 0 Å². The zero-order valence-corrected chi connectivity index (χ0v) is 11.0. The van der Waals surface area contributed by atoms with Crippen LogP contribution in [-0.2, 0) is 6.18 Å². The molecule has 0 aliphatic carbocycles. The van der Waals surface area contributed by atoms with Crippen LogP contribution >= 0.6 is 0 Å². The van der Waals surface area contributed by atoms with Gasteiger partial charge in [-0.3, -0.25) is 0 Å². The number of benzene rings is 2. The molecule has 0 unspecified atom stereocenters. The molecule has 2 aromatic carbocycles. The minimum Gasteiger partial charge on any atom is -0.508 e. The van der Waals surface area contributed by atoms with E-state index in [9.17, 15) is 18.3 Å². The van der Waals surface area contributed by atoms with Gasteiger partial charge in [-0.2, -0.15) is 18.2 Å². The second kappa shape index (κ2) is 5.18. The second-order valence-corrected chi connectivity index (χ2v) is 4.55. The number of aromatic hydroxyl groups is 1. The number of hydrogen-bond acceptors (Lipinski definition) is 4. The van der Waals surface area contributed by atoms with E-state index in [2.05, 4.69) is 10.1 Å². The molecule has 0 aliphatic rings. The molecule has 0 bridgehead atoms. The Morgan fingerprint density at radius 2 is 1.45 bits per heavy atom. The number of alkyl halides is 3. The molecule has 0 radical (unpaired) electrons. The quantitative estimate of drug-likeness (QED) is 0.773. The van der Waals surface area contributed by atoms with Gasteiger partial charge in [-0.25, -0.2) is 0 Å². The number of aromatic nitrogens is 2. The van der Waals surface area contributed by atoms with Crippen molar-refractivity contribution in [3.63, 3.8) is 0 Å². The molecule has 1 aromatic heterocycles. The summed E-state index contributed by atoms with van der Waals surface area (Å²) in [6.45, 7) is 0. The number of phenolic OH excluding ortho intramolecular Hbond substituents is 1. The Hall–Kier alpha value is -2.83. The van der Waals surface area contributed by atoms with Crippen molar-refractivity contribution >= 4 is 0 Å². The average Bonchev–Trinajstić information content (AvgIpc) is 2.97. The van der Waals surface area contributed by atoms with Crippen LogP contribution in [0.2, 0.25) is 0 Å². The van der Waals surface area contributed by atoms with Crippen molar-refractivity contribution < 1.29 is 22.8 Å². The second-order valence-electron chi connectivity index (χ2n) is 4.55. The highest BCUT2D eigenvalue weighted by atomic mass is 19.4. The molecule has 0 fully saturated rings. The van der Waals surface area contributed by atoms with Gasteiger partial charge in [0.1, 0.15) is 5.75 Å². The Balaban J connectivity index is 1.89. The van der Waals surface area contributed by atoms with E-state index >= 15 is 0 Å². The summed E-state index contributed by atoms with van der Waals surface area (Å²) in [5, 5.41) is 13.0. The summed E-state index contributed by atoms with van der Waals surface area (Å²) in [6.07, 6.45) is -4.38. The first-order valence-corrected chi connectivity index (χ1v) is 6.24. The maximum absolute atomic E-state index is 12.5. The van der Waals surface area contributed by atoms with Crippen LogP contribution in [-0.4, -0.2) is 15.2 Å². The molecule has 22 heavy (non-hydrogen) atoms. The molecule has 3 rings (SSSR count). The lowest BCUT2D eigenvalue weighted by Gasteiger charge is -2.05. The Labute approximate surface area is 122 Å². The summed E-state index contributed by atoms with van der Waals surface area (Å²) in [6, 6.07) is 10.6. The molecule has 4 nitrogen and oxygen atoms in total. The van der Waals surface area contributed by atoms with Crippen LogP contribution in [0.15, 0.2) is 53.1 Å². The van der Waals surface area contributed by atoms with E-state index in [-0.39, 0.29) is 17.5 Å². The van der Waals surface area contributed by atoms with Crippen molar-refractivity contribution in [1.82, 2.24) is 10.1 Å². The third-order valence-electron chi connectivity index (χ3n) is 3.01. The van der Waals surface area contributed by atoms with Crippen LogP contribution in [0, 0.1) is 0 Å². The molecule has 1 heterocycles. The lowest BCUT2D eigenvalue weighted by Crippen LogP contribution is -2.04. The SMILES string of the molecule is Oc1ccc(-c2nc(-c3ccc(C(F)(F)F)cc3)no2)cc1. The third-order valence-corrected chi connectivity index (χ3v) is 3.01. The van der Waals surface area contributed by atoms with Gasteiger partial charge in [0, 0.05) is 11.1 Å². The minimum absolute atomic E-state index is 0.103. The molecule has 0 spiro atoms. The predicted molar refractivity (Wildman–Crippen MR) is 71.8 cm³/mol. The Kier molecular flexibility index (Phi) is 3.32. The van der Waals surface area contributed by atoms with Gasteiger partial charge >= 0.3 is 6.18 Å². The monoisotopic (exact) mass is 306 g/mol. The number of hydrogen-bond donors (Lipinski definition) is 1. The van der Waals surface area contributed by atoms with E-state index in [1.807, 2.05) is 0 Å². The first-order chi connectivity index (χ1) is 10.4. The Morgan fingerprint density at radius 3 is 2.05 bits per heavy atom. The zero-order valence-electron chi connectivity index (χ0n) is 11.0. The van der Waals surface area contributed by atoms with E-state index in [0.29, 0.717) is 11.1 Å². The fourth-order valence-electron chi connectivity index (χ4n) is 1.87. The van der Waals surface area contributed by atoms with Crippen molar-refractivity contribution in [2.24, 2.45) is 0 Å². The number of phenols is 1. The van der Waals surface area contributed by atoms with Gasteiger partial charge in [0.15, 0.2) is 0 Å². The fourth-order valence-corrected chi connectivity index (χ4v) is 1.87. The Bertz CT molecular complexity index is 778. The third kappa shape index (κ3) is 2.78. The minimum atomic E-state index is -4.38. The molecule has 0 saturated carbocycles. The topological polar surface area (TPSA) is 59.2 Å². The summed E-state index contributed by atoms with van der Waals surface area (Å²) in [4.78, 5) is 4.13. The van der Waals surface area contributed by atoms with Gasteiger partial charge in [0.25, 0.3) is 5.89 Å². The molecule has 0 saturated heterocycles. The highest BCUT2D eigenvalue weighted by Gasteiger charge is 2.30. The van der Waals surface area contributed by atoms with Crippen LogP contribution in [0.25, 0.3) is 22.8 Å². The van der Waals surface area contributed by atoms with E-state index < -0.39 is 11.7 Å². The highest BCUT2D eigenvalue weighted by molar-refractivity contribution is 5.60. The molecular formula is C15H9F3N2O2. The number of halogens is 3. The molecule has 0 aliphatic heterocycles. The molecule has 1 N–H and O–H groups in total. The van der Waals surface area contributed by atoms with Crippen molar-refractivity contribution in [2.75, 3.05) is 0 Å². The van der Waals surface area contributed by atoms with Crippen molar-refractivity contribution in [3.05, 3.63) is 54.1 Å². The molecule has 0 atom stereocenters. The first-order valence-electron chi connectivity index (χ1n) is 6.24. The average molecular weight is 306 g/mol.